The van der Waals surface area contributed by atoms with Crippen LogP contribution in [-0.4, -0.2) is 38.0 Å². The fourth-order valence-electron chi connectivity index (χ4n) is 2.67. The molecule has 120 valence electrons. The Kier molecular flexibility index (Phi) is 6.90. The van der Waals surface area contributed by atoms with Gasteiger partial charge in [0.05, 0.1) is 13.0 Å². The summed E-state index contributed by atoms with van der Waals surface area (Å²) in [5.74, 6) is 0.407. The molecule has 1 saturated heterocycles. The Morgan fingerprint density at radius 2 is 1.95 bits per heavy atom. The van der Waals surface area contributed by atoms with Crippen molar-refractivity contribution in [3.63, 3.8) is 0 Å². The van der Waals surface area contributed by atoms with Gasteiger partial charge in [-0.3, -0.25) is 9.59 Å². The van der Waals surface area contributed by atoms with E-state index in [1.54, 1.807) is 0 Å². The predicted molar refractivity (Wildman–Crippen MR) is 86.4 cm³/mol. The van der Waals surface area contributed by atoms with Gasteiger partial charge >= 0.3 is 0 Å². The molecule has 0 aromatic heterocycles. The van der Waals surface area contributed by atoms with Crippen LogP contribution < -0.4 is 16.0 Å². The smallest absolute Gasteiger partial charge is 0.239 e. The first-order valence-corrected chi connectivity index (χ1v) is 8.02. The first-order valence-electron chi connectivity index (χ1n) is 8.02. The third-order valence-corrected chi connectivity index (χ3v) is 3.93. The van der Waals surface area contributed by atoms with E-state index in [0.29, 0.717) is 18.9 Å². The van der Waals surface area contributed by atoms with E-state index in [4.69, 9.17) is 0 Å². The molecule has 1 aliphatic heterocycles. The molecule has 1 atom stereocenters. The van der Waals surface area contributed by atoms with Crippen molar-refractivity contribution in [1.29, 1.82) is 0 Å². The van der Waals surface area contributed by atoms with Crippen molar-refractivity contribution in [3.05, 3.63) is 35.9 Å². The molecule has 22 heavy (non-hydrogen) atoms. The Morgan fingerprint density at radius 1 is 1.14 bits per heavy atom. The number of carbonyl (C=O) groups excluding carboxylic acids is 2. The minimum Gasteiger partial charge on any atom is -0.355 e. The Hall–Kier alpha value is -1.88. The lowest BCUT2D eigenvalue weighted by atomic mass is 9.96. The molecule has 1 unspecified atom stereocenters. The number of piperidine rings is 1. The lowest BCUT2D eigenvalue weighted by molar-refractivity contribution is -0.125. The standard InChI is InChI=1S/C17H25N3O2/c21-16(11-14-5-2-1-3-6-14)20-13-17(22)19-10-8-15-7-4-9-18-12-15/h1-3,5-6,15,18H,4,7-13H2,(H,19,22)(H,20,21). The number of carbonyl (C=O) groups is 2. The summed E-state index contributed by atoms with van der Waals surface area (Å²) in [6.07, 6.45) is 3.75. The Labute approximate surface area is 131 Å². The van der Waals surface area contributed by atoms with Crippen LogP contribution in [0.3, 0.4) is 0 Å². The maximum absolute atomic E-state index is 11.7. The molecule has 1 heterocycles. The number of amides is 2. The first kappa shape index (κ1) is 16.5. The van der Waals surface area contributed by atoms with Crippen LogP contribution in [0.15, 0.2) is 30.3 Å². The van der Waals surface area contributed by atoms with Gasteiger partial charge in [0, 0.05) is 6.54 Å². The molecule has 0 radical (unpaired) electrons. The third-order valence-electron chi connectivity index (χ3n) is 3.93. The quantitative estimate of drug-likeness (QED) is 0.699. The topological polar surface area (TPSA) is 70.2 Å². The summed E-state index contributed by atoms with van der Waals surface area (Å²) in [5, 5.41) is 8.89. The average Bonchev–Trinajstić information content (AvgIpc) is 2.55. The molecular formula is C17H25N3O2. The highest BCUT2D eigenvalue weighted by molar-refractivity contribution is 5.85. The van der Waals surface area contributed by atoms with Crippen LogP contribution in [0.5, 0.6) is 0 Å². The zero-order valence-corrected chi connectivity index (χ0v) is 12.9. The number of benzene rings is 1. The molecule has 0 saturated carbocycles. The van der Waals surface area contributed by atoms with E-state index < -0.39 is 0 Å². The molecule has 0 aliphatic carbocycles. The number of hydrogen-bond acceptors (Lipinski definition) is 3. The van der Waals surface area contributed by atoms with Crippen molar-refractivity contribution in [2.75, 3.05) is 26.2 Å². The van der Waals surface area contributed by atoms with Crippen molar-refractivity contribution in [1.82, 2.24) is 16.0 Å². The monoisotopic (exact) mass is 303 g/mol. The van der Waals surface area contributed by atoms with Crippen LogP contribution in [0.25, 0.3) is 0 Å². The van der Waals surface area contributed by atoms with Gasteiger partial charge in [-0.1, -0.05) is 30.3 Å². The highest BCUT2D eigenvalue weighted by Gasteiger charge is 2.13. The lowest BCUT2D eigenvalue weighted by Crippen LogP contribution is -2.39. The van der Waals surface area contributed by atoms with Crippen LogP contribution in [0.1, 0.15) is 24.8 Å². The molecule has 1 aliphatic rings. The van der Waals surface area contributed by atoms with Crippen LogP contribution in [0, 0.1) is 5.92 Å². The van der Waals surface area contributed by atoms with Crippen molar-refractivity contribution >= 4 is 11.8 Å². The number of hydrogen-bond donors (Lipinski definition) is 3. The Balaban J connectivity index is 1.56. The normalized spacial score (nSPS) is 17.7. The van der Waals surface area contributed by atoms with Gasteiger partial charge in [0.15, 0.2) is 0 Å². The molecule has 1 aromatic carbocycles. The second-order valence-corrected chi connectivity index (χ2v) is 5.79. The van der Waals surface area contributed by atoms with Gasteiger partial charge in [0.2, 0.25) is 11.8 Å². The van der Waals surface area contributed by atoms with Gasteiger partial charge in [-0.2, -0.15) is 0 Å². The van der Waals surface area contributed by atoms with E-state index in [-0.39, 0.29) is 18.4 Å². The third kappa shape index (κ3) is 6.26. The largest absolute Gasteiger partial charge is 0.355 e. The van der Waals surface area contributed by atoms with E-state index in [1.165, 1.54) is 12.8 Å². The van der Waals surface area contributed by atoms with Crippen molar-refractivity contribution < 1.29 is 9.59 Å². The minimum absolute atomic E-state index is 0.0502. The van der Waals surface area contributed by atoms with Gasteiger partial charge in [-0.15, -0.1) is 0 Å². The fourth-order valence-corrected chi connectivity index (χ4v) is 2.67. The van der Waals surface area contributed by atoms with Crippen LogP contribution in [0.2, 0.25) is 0 Å². The Bertz CT molecular complexity index is 470. The number of rotatable bonds is 7. The molecule has 5 nitrogen and oxygen atoms in total. The lowest BCUT2D eigenvalue weighted by Gasteiger charge is -2.22. The molecule has 0 spiro atoms. The second-order valence-electron chi connectivity index (χ2n) is 5.79. The van der Waals surface area contributed by atoms with Crippen LogP contribution in [0.4, 0.5) is 0 Å². The van der Waals surface area contributed by atoms with E-state index in [0.717, 1.165) is 25.1 Å². The number of nitrogens with one attached hydrogen (secondary N) is 3. The fraction of sp³-hybridized carbons (Fsp3) is 0.529. The van der Waals surface area contributed by atoms with E-state index >= 15 is 0 Å². The molecular weight excluding hydrogens is 278 g/mol. The highest BCUT2D eigenvalue weighted by Crippen LogP contribution is 2.12. The summed E-state index contributed by atoms with van der Waals surface area (Å²) < 4.78 is 0. The summed E-state index contributed by atoms with van der Waals surface area (Å²) >= 11 is 0. The summed E-state index contributed by atoms with van der Waals surface area (Å²) in [4.78, 5) is 23.4. The van der Waals surface area contributed by atoms with Crippen molar-refractivity contribution in [2.45, 2.75) is 25.7 Å². The highest BCUT2D eigenvalue weighted by atomic mass is 16.2. The molecule has 0 bridgehead atoms. The first-order chi connectivity index (χ1) is 10.7. The average molecular weight is 303 g/mol. The molecule has 2 rings (SSSR count). The summed E-state index contributed by atoms with van der Waals surface area (Å²) in [7, 11) is 0. The summed E-state index contributed by atoms with van der Waals surface area (Å²) in [6.45, 7) is 2.88. The van der Waals surface area contributed by atoms with Crippen molar-refractivity contribution in [3.8, 4) is 0 Å². The van der Waals surface area contributed by atoms with Gasteiger partial charge in [-0.25, -0.2) is 0 Å². The maximum Gasteiger partial charge on any atom is 0.239 e. The summed E-state index contributed by atoms with van der Waals surface area (Å²) in [5.41, 5.74) is 0.949. The van der Waals surface area contributed by atoms with E-state index in [2.05, 4.69) is 16.0 Å². The zero-order valence-electron chi connectivity index (χ0n) is 12.9. The van der Waals surface area contributed by atoms with Gasteiger partial charge < -0.3 is 16.0 Å². The van der Waals surface area contributed by atoms with E-state index in [1.807, 2.05) is 30.3 Å². The minimum atomic E-state index is -0.127. The van der Waals surface area contributed by atoms with Crippen LogP contribution >= 0.6 is 0 Å². The second kappa shape index (κ2) is 9.20. The molecule has 1 aromatic rings. The Morgan fingerprint density at radius 3 is 2.68 bits per heavy atom. The van der Waals surface area contributed by atoms with Gasteiger partial charge in [-0.05, 0) is 43.8 Å². The predicted octanol–water partition coefficient (Wildman–Crippen LogP) is 0.851. The summed E-state index contributed by atoms with van der Waals surface area (Å²) in [6, 6.07) is 9.51. The maximum atomic E-state index is 11.7. The van der Waals surface area contributed by atoms with Crippen molar-refractivity contribution in [2.24, 2.45) is 5.92 Å². The molecule has 2 amide bonds. The zero-order chi connectivity index (χ0) is 15.6. The van der Waals surface area contributed by atoms with Crippen LogP contribution in [-0.2, 0) is 16.0 Å². The molecule has 3 N–H and O–H groups in total. The molecule has 5 heteroatoms. The van der Waals surface area contributed by atoms with Gasteiger partial charge in [0.1, 0.15) is 0 Å². The SMILES string of the molecule is O=C(CNC(=O)Cc1ccccc1)NCCC1CCCNC1. The molecule has 1 fully saturated rings. The van der Waals surface area contributed by atoms with Gasteiger partial charge in [0.25, 0.3) is 0 Å². The van der Waals surface area contributed by atoms with E-state index in [9.17, 15) is 9.59 Å².